The number of hydrogen-bond acceptors (Lipinski definition) is 3. The van der Waals surface area contributed by atoms with Gasteiger partial charge in [-0.05, 0) is 25.7 Å². The Morgan fingerprint density at radius 2 is 2.24 bits per heavy atom. The van der Waals surface area contributed by atoms with E-state index in [1.807, 2.05) is 0 Å². The third kappa shape index (κ3) is 3.60. The van der Waals surface area contributed by atoms with Gasteiger partial charge in [0, 0.05) is 0 Å². The number of alkyl carbamates (subject to hydrolysis) is 1. The van der Waals surface area contributed by atoms with Gasteiger partial charge in [-0.2, -0.15) is 0 Å². The molecule has 2 unspecified atom stereocenters. The van der Waals surface area contributed by atoms with Gasteiger partial charge in [0.15, 0.2) is 5.78 Å². The number of carbonyl (C=O) groups is 2. The molecule has 1 aliphatic rings. The van der Waals surface area contributed by atoms with Gasteiger partial charge in [0.05, 0.1) is 12.5 Å². The van der Waals surface area contributed by atoms with Crippen molar-refractivity contribution in [3.63, 3.8) is 0 Å². The minimum atomic E-state index is -0.814. The highest BCUT2D eigenvalue weighted by Gasteiger charge is 2.42. The largest absolute Gasteiger partial charge is 0.450 e. The first-order chi connectivity index (χ1) is 8.04. The molecular formula is C12H20ClNO3. The van der Waals surface area contributed by atoms with E-state index in [1.54, 1.807) is 6.92 Å². The first-order valence-electron chi connectivity index (χ1n) is 6.08. The molecular weight excluding hydrogens is 242 g/mol. The highest BCUT2D eigenvalue weighted by atomic mass is 35.5. The van der Waals surface area contributed by atoms with E-state index in [-0.39, 0.29) is 11.7 Å². The molecule has 0 aliphatic heterocycles. The molecule has 0 spiro atoms. The lowest BCUT2D eigenvalue weighted by Crippen LogP contribution is -2.57. The van der Waals surface area contributed by atoms with Crippen molar-refractivity contribution in [2.24, 2.45) is 5.92 Å². The van der Waals surface area contributed by atoms with Crippen molar-refractivity contribution in [3.8, 4) is 0 Å². The van der Waals surface area contributed by atoms with Gasteiger partial charge in [0.2, 0.25) is 0 Å². The molecule has 1 N–H and O–H groups in total. The number of ether oxygens (including phenoxy) is 1. The summed E-state index contributed by atoms with van der Waals surface area (Å²) in [5.74, 6) is 0.232. The molecule has 2 atom stereocenters. The second-order valence-electron chi connectivity index (χ2n) is 4.69. The fraction of sp³-hybridized carbons (Fsp3) is 0.833. The Morgan fingerprint density at radius 1 is 1.53 bits per heavy atom. The molecule has 0 bridgehead atoms. The molecule has 1 saturated carbocycles. The van der Waals surface area contributed by atoms with Crippen molar-refractivity contribution in [2.75, 3.05) is 12.5 Å². The summed E-state index contributed by atoms with van der Waals surface area (Å²) >= 11 is 5.64. The summed E-state index contributed by atoms with van der Waals surface area (Å²) < 4.78 is 4.85. The van der Waals surface area contributed by atoms with E-state index in [1.165, 1.54) is 0 Å². The number of Topliss-reactive ketones (excluding diaryl/α,β-unsaturated/α-hetero) is 1. The molecule has 0 aromatic heterocycles. The van der Waals surface area contributed by atoms with Gasteiger partial charge < -0.3 is 10.1 Å². The number of hydrogen-bond donors (Lipinski definition) is 1. The van der Waals surface area contributed by atoms with Crippen LogP contribution >= 0.6 is 11.6 Å². The first-order valence-corrected chi connectivity index (χ1v) is 6.61. The SMILES string of the molecule is CCOC(=O)NC1(C(=O)CCl)CCCC(C)C1. The Balaban J connectivity index is 2.78. The highest BCUT2D eigenvalue weighted by molar-refractivity contribution is 6.29. The Hall–Kier alpha value is -0.770. The molecule has 1 fully saturated rings. The zero-order valence-corrected chi connectivity index (χ0v) is 11.2. The fourth-order valence-electron chi connectivity index (χ4n) is 2.48. The summed E-state index contributed by atoms with van der Waals surface area (Å²) in [5, 5.41) is 2.72. The van der Waals surface area contributed by atoms with Gasteiger partial charge >= 0.3 is 6.09 Å². The molecule has 0 saturated heterocycles. The van der Waals surface area contributed by atoms with Crippen molar-refractivity contribution in [3.05, 3.63) is 0 Å². The maximum Gasteiger partial charge on any atom is 0.407 e. The third-order valence-corrected chi connectivity index (χ3v) is 3.51. The van der Waals surface area contributed by atoms with E-state index in [4.69, 9.17) is 16.3 Å². The summed E-state index contributed by atoms with van der Waals surface area (Å²) in [7, 11) is 0. The number of rotatable bonds is 4. The monoisotopic (exact) mass is 261 g/mol. The van der Waals surface area contributed by atoms with Crippen LogP contribution in [0.5, 0.6) is 0 Å². The van der Waals surface area contributed by atoms with Crippen LogP contribution in [0.2, 0.25) is 0 Å². The zero-order chi connectivity index (χ0) is 12.9. The van der Waals surface area contributed by atoms with Crippen LogP contribution in [0.25, 0.3) is 0 Å². The van der Waals surface area contributed by atoms with Crippen molar-refractivity contribution in [1.29, 1.82) is 0 Å². The van der Waals surface area contributed by atoms with Gasteiger partial charge in [-0.15, -0.1) is 11.6 Å². The third-order valence-electron chi connectivity index (χ3n) is 3.27. The van der Waals surface area contributed by atoms with E-state index < -0.39 is 11.6 Å². The predicted molar refractivity (Wildman–Crippen MR) is 66.2 cm³/mol. The molecule has 1 amide bonds. The number of halogens is 1. The van der Waals surface area contributed by atoms with Gasteiger partial charge in [-0.3, -0.25) is 4.79 Å². The van der Waals surface area contributed by atoms with Crippen molar-refractivity contribution < 1.29 is 14.3 Å². The van der Waals surface area contributed by atoms with E-state index in [9.17, 15) is 9.59 Å². The lowest BCUT2D eigenvalue weighted by atomic mass is 9.74. The molecule has 17 heavy (non-hydrogen) atoms. The Labute approximate surface area is 107 Å². The molecule has 98 valence electrons. The van der Waals surface area contributed by atoms with E-state index in [0.717, 1.165) is 12.8 Å². The van der Waals surface area contributed by atoms with Gasteiger partial charge in [-0.25, -0.2) is 4.79 Å². The maximum atomic E-state index is 12.0. The lowest BCUT2D eigenvalue weighted by molar-refractivity contribution is -0.124. The Kier molecular flexibility index (Phi) is 5.25. The number of nitrogens with one attached hydrogen (secondary N) is 1. The maximum absolute atomic E-state index is 12.0. The van der Waals surface area contributed by atoms with Crippen LogP contribution in [-0.4, -0.2) is 29.9 Å². The fourth-order valence-corrected chi connectivity index (χ4v) is 2.73. The van der Waals surface area contributed by atoms with Crippen LogP contribution in [0, 0.1) is 5.92 Å². The average molecular weight is 262 g/mol. The van der Waals surface area contributed by atoms with Crippen LogP contribution in [-0.2, 0) is 9.53 Å². The van der Waals surface area contributed by atoms with Crippen molar-refractivity contribution in [2.45, 2.75) is 45.1 Å². The van der Waals surface area contributed by atoms with Crippen LogP contribution in [0.3, 0.4) is 0 Å². The highest BCUT2D eigenvalue weighted by Crippen LogP contribution is 2.33. The number of alkyl halides is 1. The van der Waals surface area contributed by atoms with Crippen molar-refractivity contribution >= 4 is 23.5 Å². The smallest absolute Gasteiger partial charge is 0.407 e. The molecule has 0 aromatic rings. The summed E-state index contributed by atoms with van der Waals surface area (Å²) in [5.41, 5.74) is -0.814. The topological polar surface area (TPSA) is 55.4 Å². The standard InChI is InChI=1S/C12H20ClNO3/c1-3-17-11(16)14-12(10(15)8-13)6-4-5-9(2)7-12/h9H,3-8H2,1-2H3,(H,14,16). The second-order valence-corrected chi connectivity index (χ2v) is 4.95. The molecule has 0 radical (unpaired) electrons. The summed E-state index contributed by atoms with van der Waals surface area (Å²) in [6.07, 6.45) is 2.79. The average Bonchev–Trinajstić information content (AvgIpc) is 2.28. The van der Waals surface area contributed by atoms with Gasteiger partial charge in [-0.1, -0.05) is 19.8 Å². The van der Waals surface area contributed by atoms with Gasteiger partial charge in [0.25, 0.3) is 0 Å². The van der Waals surface area contributed by atoms with Crippen LogP contribution in [0.15, 0.2) is 0 Å². The molecule has 0 aromatic carbocycles. The first kappa shape index (κ1) is 14.3. The summed E-state index contributed by atoms with van der Waals surface area (Å²) in [4.78, 5) is 23.5. The normalized spacial score (nSPS) is 28.5. The second kappa shape index (κ2) is 6.24. The van der Waals surface area contributed by atoms with E-state index >= 15 is 0 Å². The zero-order valence-electron chi connectivity index (χ0n) is 10.4. The quantitative estimate of drug-likeness (QED) is 0.791. The van der Waals surface area contributed by atoms with E-state index in [0.29, 0.717) is 25.4 Å². The van der Waals surface area contributed by atoms with Crippen LogP contribution in [0.4, 0.5) is 4.79 Å². The number of carbonyl (C=O) groups excluding carboxylic acids is 2. The van der Waals surface area contributed by atoms with Gasteiger partial charge in [0.1, 0.15) is 5.54 Å². The molecule has 0 heterocycles. The Bertz CT molecular complexity index is 295. The number of ketones is 1. The summed E-state index contributed by atoms with van der Waals surface area (Å²) in [6.45, 7) is 4.12. The minimum Gasteiger partial charge on any atom is -0.450 e. The van der Waals surface area contributed by atoms with Crippen LogP contribution in [0.1, 0.15) is 39.5 Å². The Morgan fingerprint density at radius 3 is 2.76 bits per heavy atom. The molecule has 1 rings (SSSR count). The molecule has 1 aliphatic carbocycles. The number of amides is 1. The van der Waals surface area contributed by atoms with E-state index in [2.05, 4.69) is 12.2 Å². The molecule has 4 nitrogen and oxygen atoms in total. The lowest BCUT2D eigenvalue weighted by Gasteiger charge is -2.38. The van der Waals surface area contributed by atoms with Crippen molar-refractivity contribution in [1.82, 2.24) is 5.32 Å². The van der Waals surface area contributed by atoms with Crippen LogP contribution < -0.4 is 5.32 Å². The summed E-state index contributed by atoms with van der Waals surface area (Å²) in [6, 6.07) is 0. The predicted octanol–water partition coefficient (Wildman–Crippen LogP) is 2.49. The minimum absolute atomic E-state index is 0.0703. The molecule has 5 heteroatoms.